The van der Waals surface area contributed by atoms with Gasteiger partial charge in [0.1, 0.15) is 0 Å². The van der Waals surface area contributed by atoms with Gasteiger partial charge in [-0.3, -0.25) is 0 Å². The van der Waals surface area contributed by atoms with Gasteiger partial charge in [0.05, 0.1) is 0 Å². The summed E-state index contributed by atoms with van der Waals surface area (Å²) in [6.07, 6.45) is 3.40. The van der Waals surface area contributed by atoms with Crippen LogP contribution in [0.15, 0.2) is 42.5 Å². The van der Waals surface area contributed by atoms with Crippen molar-refractivity contribution < 1.29 is 0 Å². The molecular formula is C20H28. The quantitative estimate of drug-likeness (QED) is 0.669. The summed E-state index contributed by atoms with van der Waals surface area (Å²) in [5.74, 6) is 0. The Balaban J connectivity index is 0.000000956. The molecule has 0 saturated heterocycles. The third kappa shape index (κ3) is 4.52. The molecule has 108 valence electrons. The van der Waals surface area contributed by atoms with E-state index in [1.807, 2.05) is 13.8 Å². The number of benzene rings is 2. The number of rotatable bonds is 4. The van der Waals surface area contributed by atoms with Gasteiger partial charge in [0.2, 0.25) is 0 Å². The van der Waals surface area contributed by atoms with E-state index in [-0.39, 0.29) is 0 Å². The molecule has 0 aromatic heterocycles. The van der Waals surface area contributed by atoms with Gasteiger partial charge in [0, 0.05) is 0 Å². The molecule has 2 aromatic rings. The Labute approximate surface area is 124 Å². The molecule has 0 aliphatic carbocycles. The Kier molecular flexibility index (Phi) is 7.08. The van der Waals surface area contributed by atoms with Crippen molar-refractivity contribution in [1.29, 1.82) is 0 Å². The Morgan fingerprint density at radius 2 is 1.35 bits per heavy atom. The van der Waals surface area contributed by atoms with Crippen LogP contribution >= 0.6 is 0 Å². The molecule has 0 atom stereocenters. The monoisotopic (exact) mass is 268 g/mol. The molecule has 2 aromatic carbocycles. The fraction of sp³-hybridized carbons (Fsp3) is 0.400. The fourth-order valence-corrected chi connectivity index (χ4v) is 2.42. The van der Waals surface area contributed by atoms with Crippen LogP contribution in [0, 0.1) is 13.8 Å². The molecule has 0 nitrogen and oxygen atoms in total. The van der Waals surface area contributed by atoms with Crippen LogP contribution in [0.5, 0.6) is 0 Å². The summed E-state index contributed by atoms with van der Waals surface area (Å²) < 4.78 is 0. The molecule has 0 heteroatoms. The molecule has 0 aliphatic heterocycles. The lowest BCUT2D eigenvalue weighted by molar-refractivity contribution is 0.935. The van der Waals surface area contributed by atoms with Crippen LogP contribution in [-0.2, 0) is 19.3 Å². The van der Waals surface area contributed by atoms with Crippen LogP contribution in [0.1, 0.15) is 48.6 Å². The molecular weight excluding hydrogens is 240 g/mol. The lowest BCUT2D eigenvalue weighted by Gasteiger charge is -2.09. The summed E-state index contributed by atoms with van der Waals surface area (Å²) in [6.45, 7) is 10.6. The van der Waals surface area contributed by atoms with Crippen molar-refractivity contribution in [2.24, 2.45) is 0 Å². The van der Waals surface area contributed by atoms with E-state index >= 15 is 0 Å². The predicted molar refractivity (Wildman–Crippen MR) is 90.5 cm³/mol. The molecule has 0 bridgehead atoms. The van der Waals surface area contributed by atoms with E-state index in [4.69, 9.17) is 0 Å². The predicted octanol–water partition coefficient (Wildman–Crippen LogP) is 5.68. The Hall–Kier alpha value is -1.56. The van der Waals surface area contributed by atoms with Gasteiger partial charge in [-0.1, -0.05) is 63.2 Å². The van der Waals surface area contributed by atoms with Crippen LogP contribution < -0.4 is 0 Å². The smallest absolute Gasteiger partial charge is 0.0236 e. The summed E-state index contributed by atoms with van der Waals surface area (Å²) >= 11 is 0. The van der Waals surface area contributed by atoms with Crippen molar-refractivity contribution in [3.8, 4) is 0 Å². The molecule has 0 unspecified atom stereocenters. The first kappa shape index (κ1) is 16.5. The second-order valence-electron chi connectivity index (χ2n) is 5.04. The number of hydrogen-bond donors (Lipinski definition) is 0. The van der Waals surface area contributed by atoms with Gasteiger partial charge >= 0.3 is 0 Å². The lowest BCUT2D eigenvalue weighted by atomic mass is 9.96. The van der Waals surface area contributed by atoms with Crippen molar-refractivity contribution in [3.05, 3.63) is 70.3 Å². The minimum Gasteiger partial charge on any atom is -0.0683 e. The SMILES string of the molecule is CC.CCc1ccc(CCc2ccccc2C)c(C)c1. The Morgan fingerprint density at radius 3 is 1.90 bits per heavy atom. The topological polar surface area (TPSA) is 0 Å². The van der Waals surface area contributed by atoms with Crippen molar-refractivity contribution in [2.45, 2.75) is 53.9 Å². The first-order valence-corrected chi connectivity index (χ1v) is 7.83. The van der Waals surface area contributed by atoms with E-state index in [1.54, 1.807) is 0 Å². The Morgan fingerprint density at radius 1 is 0.750 bits per heavy atom. The van der Waals surface area contributed by atoms with Gasteiger partial charge in [0.25, 0.3) is 0 Å². The average molecular weight is 268 g/mol. The van der Waals surface area contributed by atoms with Crippen LogP contribution in [0.3, 0.4) is 0 Å². The second-order valence-corrected chi connectivity index (χ2v) is 5.04. The average Bonchev–Trinajstić information content (AvgIpc) is 2.49. The molecule has 0 radical (unpaired) electrons. The number of aryl methyl sites for hydroxylation is 5. The van der Waals surface area contributed by atoms with Crippen molar-refractivity contribution >= 4 is 0 Å². The van der Waals surface area contributed by atoms with E-state index < -0.39 is 0 Å². The summed E-state index contributed by atoms with van der Waals surface area (Å²) in [4.78, 5) is 0. The molecule has 0 N–H and O–H groups in total. The maximum atomic E-state index is 2.33. The second kappa shape index (κ2) is 8.58. The van der Waals surface area contributed by atoms with Crippen LogP contribution in [0.25, 0.3) is 0 Å². The first-order valence-electron chi connectivity index (χ1n) is 7.83. The molecule has 20 heavy (non-hydrogen) atoms. The molecule has 2 rings (SSSR count). The van der Waals surface area contributed by atoms with Crippen LogP contribution in [-0.4, -0.2) is 0 Å². The van der Waals surface area contributed by atoms with E-state index in [1.165, 1.54) is 27.8 Å². The molecule has 0 saturated carbocycles. The number of hydrogen-bond acceptors (Lipinski definition) is 0. The molecule has 0 fully saturated rings. The highest BCUT2D eigenvalue weighted by Crippen LogP contribution is 2.16. The van der Waals surface area contributed by atoms with E-state index in [0.717, 1.165) is 19.3 Å². The van der Waals surface area contributed by atoms with E-state index in [9.17, 15) is 0 Å². The van der Waals surface area contributed by atoms with Gasteiger partial charge in [0.15, 0.2) is 0 Å². The third-order valence-corrected chi connectivity index (χ3v) is 3.74. The summed E-state index contributed by atoms with van der Waals surface area (Å²) in [5, 5.41) is 0. The maximum absolute atomic E-state index is 2.33. The largest absolute Gasteiger partial charge is 0.0683 e. The highest BCUT2D eigenvalue weighted by molar-refractivity contribution is 5.33. The standard InChI is InChI=1S/C18H22.C2H6/c1-4-16-9-10-18(15(3)13-16)12-11-17-8-6-5-7-14(17)2;1-2/h5-10,13H,4,11-12H2,1-3H3;1-2H3. The van der Waals surface area contributed by atoms with Gasteiger partial charge in [-0.05, 0) is 60.9 Å². The van der Waals surface area contributed by atoms with Crippen LogP contribution in [0.2, 0.25) is 0 Å². The zero-order valence-electron chi connectivity index (χ0n) is 13.7. The molecule has 0 spiro atoms. The summed E-state index contributed by atoms with van der Waals surface area (Å²) in [6, 6.07) is 15.6. The van der Waals surface area contributed by atoms with Crippen molar-refractivity contribution in [2.75, 3.05) is 0 Å². The molecule has 0 amide bonds. The summed E-state index contributed by atoms with van der Waals surface area (Å²) in [7, 11) is 0. The fourth-order valence-electron chi connectivity index (χ4n) is 2.42. The van der Waals surface area contributed by atoms with E-state index in [2.05, 4.69) is 63.2 Å². The highest BCUT2D eigenvalue weighted by atomic mass is 14.1. The summed E-state index contributed by atoms with van der Waals surface area (Å²) in [5.41, 5.74) is 7.22. The van der Waals surface area contributed by atoms with Gasteiger partial charge in [-0.25, -0.2) is 0 Å². The van der Waals surface area contributed by atoms with Crippen LogP contribution in [0.4, 0.5) is 0 Å². The zero-order valence-corrected chi connectivity index (χ0v) is 13.7. The minimum absolute atomic E-state index is 1.12. The van der Waals surface area contributed by atoms with Crippen molar-refractivity contribution in [1.82, 2.24) is 0 Å². The van der Waals surface area contributed by atoms with Gasteiger partial charge in [-0.15, -0.1) is 0 Å². The Bertz CT molecular complexity index is 523. The normalized spacial score (nSPS) is 9.85. The van der Waals surface area contributed by atoms with E-state index in [0.29, 0.717) is 0 Å². The van der Waals surface area contributed by atoms with Gasteiger partial charge < -0.3 is 0 Å². The third-order valence-electron chi connectivity index (χ3n) is 3.74. The molecule has 0 aliphatic rings. The van der Waals surface area contributed by atoms with Crippen molar-refractivity contribution in [3.63, 3.8) is 0 Å². The highest BCUT2D eigenvalue weighted by Gasteiger charge is 2.02. The first-order chi connectivity index (χ1) is 9.70. The molecule has 0 heterocycles. The lowest BCUT2D eigenvalue weighted by Crippen LogP contribution is -1.97. The van der Waals surface area contributed by atoms with Gasteiger partial charge in [-0.2, -0.15) is 0 Å². The maximum Gasteiger partial charge on any atom is -0.0236 e. The zero-order chi connectivity index (χ0) is 15.0. The minimum atomic E-state index is 1.12.